The predicted octanol–water partition coefficient (Wildman–Crippen LogP) is 2.52. The minimum Gasteiger partial charge on any atom is -0.304 e. The van der Waals surface area contributed by atoms with Crippen LogP contribution < -0.4 is 0 Å². The third-order valence-electron chi connectivity index (χ3n) is 2.04. The Morgan fingerprint density at radius 2 is 1.80 bits per heavy atom. The molecule has 1 atom stereocenters. The molecule has 0 aromatic carbocycles. The molecule has 0 saturated carbocycles. The summed E-state index contributed by atoms with van der Waals surface area (Å²) in [4.78, 5) is 2.43. The lowest BCUT2D eigenvalue weighted by atomic mass is 10.2. The molecule has 0 saturated heterocycles. The van der Waals surface area contributed by atoms with E-state index in [1.807, 2.05) is 0 Å². The second kappa shape index (κ2) is 5.72. The van der Waals surface area contributed by atoms with Gasteiger partial charge in [-0.25, -0.2) is 0 Å². The molecule has 1 heteroatoms. The summed E-state index contributed by atoms with van der Waals surface area (Å²) >= 11 is 0. The molecule has 0 heterocycles. The third kappa shape index (κ3) is 3.89. The molecule has 62 valence electrons. The van der Waals surface area contributed by atoms with Gasteiger partial charge in [0.1, 0.15) is 0 Å². The average molecular weight is 143 g/mol. The van der Waals surface area contributed by atoms with E-state index in [0.717, 1.165) is 6.04 Å². The zero-order valence-corrected chi connectivity index (χ0v) is 7.85. The number of hydrogen-bond acceptors (Lipinski definition) is 1. The Morgan fingerprint density at radius 1 is 1.20 bits per heavy atom. The third-order valence-corrected chi connectivity index (χ3v) is 2.04. The van der Waals surface area contributed by atoms with Crippen LogP contribution in [0.25, 0.3) is 0 Å². The molecule has 10 heavy (non-hydrogen) atoms. The Balaban J connectivity index is 3.38. The zero-order valence-electron chi connectivity index (χ0n) is 7.85. The maximum atomic E-state index is 2.43. The summed E-state index contributed by atoms with van der Waals surface area (Å²) in [7, 11) is 2.21. The largest absolute Gasteiger partial charge is 0.304 e. The quantitative estimate of drug-likeness (QED) is 0.571. The molecule has 0 amide bonds. The minimum atomic E-state index is 0.768. The zero-order chi connectivity index (χ0) is 7.98. The fraction of sp³-hybridized carbons (Fsp3) is 1.00. The highest BCUT2D eigenvalue weighted by atomic mass is 15.1. The summed E-state index contributed by atoms with van der Waals surface area (Å²) in [6.45, 7) is 8.02. The van der Waals surface area contributed by atoms with Gasteiger partial charge in [-0.3, -0.25) is 0 Å². The van der Waals surface area contributed by atoms with Crippen molar-refractivity contribution in [2.24, 2.45) is 0 Å². The second-order valence-corrected chi connectivity index (χ2v) is 3.12. The molecule has 0 radical (unpaired) electrons. The Kier molecular flexibility index (Phi) is 5.70. The fourth-order valence-corrected chi connectivity index (χ4v) is 1.21. The Labute approximate surface area is 65.4 Å². The van der Waals surface area contributed by atoms with E-state index in [4.69, 9.17) is 0 Å². The molecule has 0 spiro atoms. The van der Waals surface area contributed by atoms with E-state index in [9.17, 15) is 0 Å². The van der Waals surface area contributed by atoms with E-state index < -0.39 is 0 Å². The van der Waals surface area contributed by atoms with Crippen LogP contribution in [0.4, 0.5) is 0 Å². The van der Waals surface area contributed by atoms with Crippen molar-refractivity contribution in [2.75, 3.05) is 13.6 Å². The van der Waals surface area contributed by atoms with Gasteiger partial charge >= 0.3 is 0 Å². The van der Waals surface area contributed by atoms with Crippen LogP contribution in [-0.2, 0) is 0 Å². The van der Waals surface area contributed by atoms with Gasteiger partial charge in [0, 0.05) is 6.04 Å². The maximum absolute atomic E-state index is 2.43. The van der Waals surface area contributed by atoms with Gasteiger partial charge in [0.25, 0.3) is 0 Å². The smallest absolute Gasteiger partial charge is 0.00637 e. The normalized spacial score (nSPS) is 14.1. The molecular formula is C9H21N. The van der Waals surface area contributed by atoms with Crippen LogP contribution in [0, 0.1) is 0 Å². The summed E-state index contributed by atoms with van der Waals surface area (Å²) in [5, 5.41) is 0. The molecule has 0 bridgehead atoms. The van der Waals surface area contributed by atoms with Crippen LogP contribution in [0.15, 0.2) is 0 Å². The number of hydrogen-bond donors (Lipinski definition) is 0. The molecule has 0 aromatic rings. The molecular weight excluding hydrogens is 122 g/mol. The van der Waals surface area contributed by atoms with Crippen molar-refractivity contribution in [1.29, 1.82) is 0 Å². The van der Waals surface area contributed by atoms with Gasteiger partial charge in [-0.2, -0.15) is 0 Å². The van der Waals surface area contributed by atoms with E-state index in [1.165, 1.54) is 25.8 Å². The molecule has 0 aliphatic carbocycles. The Hall–Kier alpha value is -0.0400. The van der Waals surface area contributed by atoms with E-state index in [-0.39, 0.29) is 0 Å². The Morgan fingerprint density at radius 3 is 2.20 bits per heavy atom. The lowest BCUT2D eigenvalue weighted by Crippen LogP contribution is -2.29. The van der Waals surface area contributed by atoms with Crippen LogP contribution in [0.2, 0.25) is 0 Å². The predicted molar refractivity (Wildman–Crippen MR) is 47.3 cm³/mol. The van der Waals surface area contributed by atoms with Gasteiger partial charge in [-0.05, 0) is 33.4 Å². The lowest BCUT2D eigenvalue weighted by molar-refractivity contribution is 0.245. The molecule has 1 nitrogen and oxygen atoms in total. The van der Waals surface area contributed by atoms with Gasteiger partial charge in [-0.15, -0.1) is 0 Å². The highest BCUT2D eigenvalue weighted by Crippen LogP contribution is 2.03. The van der Waals surface area contributed by atoms with Crippen LogP contribution in [-0.4, -0.2) is 24.5 Å². The summed E-state index contributed by atoms with van der Waals surface area (Å²) in [6, 6.07) is 0.768. The lowest BCUT2D eigenvalue weighted by Gasteiger charge is -2.23. The summed E-state index contributed by atoms with van der Waals surface area (Å²) in [5.41, 5.74) is 0. The summed E-state index contributed by atoms with van der Waals surface area (Å²) < 4.78 is 0. The molecule has 0 N–H and O–H groups in total. The number of rotatable bonds is 5. The van der Waals surface area contributed by atoms with Crippen molar-refractivity contribution in [1.82, 2.24) is 4.90 Å². The van der Waals surface area contributed by atoms with E-state index in [1.54, 1.807) is 0 Å². The SMILES string of the molecule is CCCC(C)N(C)CCC. The summed E-state index contributed by atoms with van der Waals surface area (Å²) in [5.74, 6) is 0. The van der Waals surface area contributed by atoms with Gasteiger partial charge < -0.3 is 4.90 Å². The summed E-state index contributed by atoms with van der Waals surface area (Å²) in [6.07, 6.45) is 3.90. The molecule has 0 fully saturated rings. The van der Waals surface area contributed by atoms with Crippen LogP contribution in [0.1, 0.15) is 40.0 Å². The van der Waals surface area contributed by atoms with Crippen molar-refractivity contribution in [2.45, 2.75) is 46.1 Å². The van der Waals surface area contributed by atoms with Gasteiger partial charge in [0.15, 0.2) is 0 Å². The van der Waals surface area contributed by atoms with Gasteiger partial charge in [0.2, 0.25) is 0 Å². The van der Waals surface area contributed by atoms with Crippen molar-refractivity contribution in [3.05, 3.63) is 0 Å². The second-order valence-electron chi connectivity index (χ2n) is 3.12. The first kappa shape index (κ1) is 9.96. The first-order chi connectivity index (χ1) is 4.72. The molecule has 1 unspecified atom stereocenters. The maximum Gasteiger partial charge on any atom is 0.00637 e. The first-order valence-corrected chi connectivity index (χ1v) is 4.42. The van der Waals surface area contributed by atoms with Crippen molar-refractivity contribution in [3.8, 4) is 0 Å². The minimum absolute atomic E-state index is 0.768. The molecule has 0 rings (SSSR count). The topological polar surface area (TPSA) is 3.24 Å². The highest BCUT2D eigenvalue weighted by Gasteiger charge is 2.04. The number of nitrogens with zero attached hydrogens (tertiary/aromatic N) is 1. The average Bonchev–Trinajstić information content (AvgIpc) is 1.89. The first-order valence-electron chi connectivity index (χ1n) is 4.42. The van der Waals surface area contributed by atoms with E-state index in [0.29, 0.717) is 0 Å². The van der Waals surface area contributed by atoms with Gasteiger partial charge in [0.05, 0.1) is 0 Å². The Bertz CT molecular complexity index is 61.1. The van der Waals surface area contributed by atoms with Crippen molar-refractivity contribution >= 4 is 0 Å². The van der Waals surface area contributed by atoms with Gasteiger partial charge in [-0.1, -0.05) is 20.3 Å². The molecule has 0 aliphatic rings. The van der Waals surface area contributed by atoms with Crippen molar-refractivity contribution < 1.29 is 0 Å². The van der Waals surface area contributed by atoms with E-state index in [2.05, 4.69) is 32.7 Å². The molecule has 0 aromatic heterocycles. The monoisotopic (exact) mass is 143 g/mol. The fourth-order valence-electron chi connectivity index (χ4n) is 1.21. The molecule has 0 aliphatic heterocycles. The van der Waals surface area contributed by atoms with Crippen molar-refractivity contribution in [3.63, 3.8) is 0 Å². The van der Waals surface area contributed by atoms with Crippen LogP contribution in [0.3, 0.4) is 0 Å². The van der Waals surface area contributed by atoms with Crippen LogP contribution in [0.5, 0.6) is 0 Å². The van der Waals surface area contributed by atoms with Crippen LogP contribution >= 0.6 is 0 Å². The standard InChI is InChI=1S/C9H21N/c1-5-7-9(3)10(4)8-6-2/h9H,5-8H2,1-4H3. The van der Waals surface area contributed by atoms with E-state index >= 15 is 0 Å². The highest BCUT2D eigenvalue weighted by molar-refractivity contribution is 4.60.